The second kappa shape index (κ2) is 20.0. The molecule has 0 atom stereocenters. The molecule has 2 rings (SSSR count). The molecule has 0 aliphatic heterocycles. The molecule has 0 spiro atoms. The van der Waals surface area contributed by atoms with E-state index in [1.807, 2.05) is 12.1 Å². The molecule has 11 heteroatoms. The maximum absolute atomic E-state index is 12.2. The molecule has 0 amide bonds. The molecule has 0 heterocycles. The van der Waals surface area contributed by atoms with Crippen LogP contribution in [0.3, 0.4) is 0 Å². The molecule has 0 radical (unpaired) electrons. The highest BCUT2D eigenvalue weighted by atomic mass is 16.7. The van der Waals surface area contributed by atoms with Crippen molar-refractivity contribution in [1.29, 1.82) is 0 Å². The number of carbonyl (C=O) groups is 2. The average Bonchev–Trinajstić information content (AvgIpc) is 3.01. The fraction of sp³-hybridized carbons (Fsp3) is 0.529. The number of unbranched alkanes of at least 4 members (excludes halogenated alkanes) is 2. The van der Waals surface area contributed by atoms with E-state index >= 15 is 0 Å². The molecule has 0 aliphatic rings. The van der Waals surface area contributed by atoms with Gasteiger partial charge >= 0.3 is 18.1 Å². The molecular weight excluding hydrogens is 578 g/mol. The van der Waals surface area contributed by atoms with E-state index in [9.17, 15) is 19.7 Å². The maximum Gasteiger partial charge on any atom is 0.337 e. The van der Waals surface area contributed by atoms with Crippen LogP contribution in [0.4, 0.5) is 5.69 Å². The minimum absolute atomic E-state index is 0.0678. The van der Waals surface area contributed by atoms with Crippen molar-refractivity contribution in [3.63, 3.8) is 0 Å². The molecule has 0 aromatic heterocycles. The lowest BCUT2D eigenvalue weighted by Crippen LogP contribution is -2.11. The summed E-state index contributed by atoms with van der Waals surface area (Å²) in [5, 5.41) is 20.2. The third-order valence-corrected chi connectivity index (χ3v) is 7.03. The quantitative estimate of drug-likeness (QED) is 0.0338. The van der Waals surface area contributed by atoms with Crippen molar-refractivity contribution in [2.45, 2.75) is 92.4 Å². The SMILES string of the molecule is CCCC/C(=N\OC(=O)C(C)C)c1ccc(Oc2ccc(/C(CCCOC)=N/OC=O)cc2[N+](=O)[O-])c(CCCCC(C)C)c1. The number of hydrogen-bond acceptors (Lipinski definition) is 10. The first-order valence-corrected chi connectivity index (χ1v) is 15.6. The highest BCUT2D eigenvalue weighted by molar-refractivity contribution is 6.01. The fourth-order valence-electron chi connectivity index (χ4n) is 4.47. The Morgan fingerprint density at radius 3 is 2.22 bits per heavy atom. The van der Waals surface area contributed by atoms with Crippen molar-refractivity contribution >= 4 is 29.6 Å². The molecule has 2 aromatic rings. The van der Waals surface area contributed by atoms with Gasteiger partial charge < -0.3 is 19.1 Å². The van der Waals surface area contributed by atoms with Gasteiger partial charge in [0.05, 0.1) is 22.3 Å². The number of ether oxygens (including phenoxy) is 2. The molecule has 0 saturated carbocycles. The smallest absolute Gasteiger partial charge is 0.337 e. The first-order valence-electron chi connectivity index (χ1n) is 15.6. The van der Waals surface area contributed by atoms with Gasteiger partial charge in [0.2, 0.25) is 5.75 Å². The number of methoxy groups -OCH3 is 1. The highest BCUT2D eigenvalue weighted by Gasteiger charge is 2.21. The van der Waals surface area contributed by atoms with Crippen molar-refractivity contribution in [3.05, 3.63) is 63.2 Å². The van der Waals surface area contributed by atoms with E-state index in [2.05, 4.69) is 35.9 Å². The number of nitro groups is 1. The number of hydrogen-bond donors (Lipinski definition) is 0. The summed E-state index contributed by atoms with van der Waals surface area (Å²) in [6.45, 7) is 10.6. The van der Waals surface area contributed by atoms with Crippen LogP contribution < -0.4 is 4.74 Å². The molecule has 0 N–H and O–H groups in total. The monoisotopic (exact) mass is 625 g/mol. The van der Waals surface area contributed by atoms with E-state index in [-0.39, 0.29) is 23.8 Å². The Labute approximate surface area is 266 Å². The van der Waals surface area contributed by atoms with E-state index in [0.29, 0.717) is 60.9 Å². The minimum Gasteiger partial charge on any atom is -0.450 e. The predicted molar refractivity (Wildman–Crippen MR) is 174 cm³/mol. The Hall–Kier alpha value is -4.12. The van der Waals surface area contributed by atoms with Gasteiger partial charge in [-0.2, -0.15) is 0 Å². The molecule has 2 aromatic carbocycles. The molecule has 0 bridgehead atoms. The van der Waals surface area contributed by atoms with E-state index < -0.39 is 10.9 Å². The number of nitro benzene ring substituents is 1. The summed E-state index contributed by atoms with van der Waals surface area (Å²) < 4.78 is 11.3. The third-order valence-electron chi connectivity index (χ3n) is 7.03. The van der Waals surface area contributed by atoms with E-state index in [1.165, 1.54) is 12.1 Å². The van der Waals surface area contributed by atoms with Crippen LogP contribution in [0.25, 0.3) is 0 Å². The Kier molecular flexibility index (Phi) is 16.5. The number of oxime groups is 2. The van der Waals surface area contributed by atoms with Crippen LogP contribution in [0.5, 0.6) is 11.5 Å². The highest BCUT2D eigenvalue weighted by Crippen LogP contribution is 2.35. The van der Waals surface area contributed by atoms with E-state index in [4.69, 9.17) is 14.3 Å². The topological polar surface area (TPSA) is 139 Å². The van der Waals surface area contributed by atoms with Crippen LogP contribution >= 0.6 is 0 Å². The number of aryl methyl sites for hydroxylation is 1. The second-order valence-corrected chi connectivity index (χ2v) is 11.5. The number of benzene rings is 2. The van der Waals surface area contributed by atoms with Gasteiger partial charge in [0.25, 0.3) is 0 Å². The summed E-state index contributed by atoms with van der Waals surface area (Å²) in [5.41, 5.74) is 2.90. The largest absolute Gasteiger partial charge is 0.450 e. The molecule has 0 unspecified atom stereocenters. The third kappa shape index (κ3) is 12.8. The molecule has 0 saturated heterocycles. The zero-order chi connectivity index (χ0) is 33.2. The van der Waals surface area contributed by atoms with Gasteiger partial charge in [-0.3, -0.25) is 14.9 Å². The van der Waals surface area contributed by atoms with Crippen LogP contribution in [0, 0.1) is 22.0 Å². The molecule has 0 fully saturated rings. The maximum atomic E-state index is 12.2. The Morgan fingerprint density at radius 1 is 0.933 bits per heavy atom. The van der Waals surface area contributed by atoms with Gasteiger partial charge in [-0.05, 0) is 85.9 Å². The van der Waals surface area contributed by atoms with Crippen molar-refractivity contribution in [2.24, 2.45) is 22.1 Å². The van der Waals surface area contributed by atoms with Gasteiger partial charge in [0, 0.05) is 25.3 Å². The van der Waals surface area contributed by atoms with E-state index in [0.717, 1.165) is 43.2 Å². The van der Waals surface area contributed by atoms with Crippen LogP contribution in [0.2, 0.25) is 0 Å². The lowest BCUT2D eigenvalue weighted by Gasteiger charge is -2.15. The Bertz CT molecular complexity index is 1320. The summed E-state index contributed by atoms with van der Waals surface area (Å²) in [4.78, 5) is 44.4. The first kappa shape index (κ1) is 37.1. The Balaban J connectivity index is 2.51. The lowest BCUT2D eigenvalue weighted by atomic mass is 9.97. The first-order chi connectivity index (χ1) is 21.6. The molecular formula is C34H47N3O8. The number of carbonyl (C=O) groups excluding carboxylic acids is 2. The number of rotatable bonds is 21. The second-order valence-electron chi connectivity index (χ2n) is 11.5. The van der Waals surface area contributed by atoms with Crippen molar-refractivity contribution < 1.29 is 33.7 Å². The molecule has 246 valence electrons. The molecule has 45 heavy (non-hydrogen) atoms. The van der Waals surface area contributed by atoms with Crippen molar-refractivity contribution in [3.8, 4) is 11.5 Å². The van der Waals surface area contributed by atoms with Gasteiger partial charge in [0.1, 0.15) is 5.75 Å². The fourth-order valence-corrected chi connectivity index (χ4v) is 4.47. The Morgan fingerprint density at radius 2 is 1.60 bits per heavy atom. The minimum atomic E-state index is -0.512. The lowest BCUT2D eigenvalue weighted by molar-refractivity contribution is -0.385. The van der Waals surface area contributed by atoms with Gasteiger partial charge in [-0.1, -0.05) is 64.2 Å². The van der Waals surface area contributed by atoms with Crippen molar-refractivity contribution in [2.75, 3.05) is 13.7 Å². The van der Waals surface area contributed by atoms with Gasteiger partial charge in [-0.15, -0.1) is 0 Å². The average molecular weight is 626 g/mol. The standard InChI is InChI=1S/C34H47N3O8/c1-7-8-14-30(36-45-34(39)25(4)5)26-16-18-32(28(21-26)13-10-9-12-24(2)3)44-33-19-17-27(22-31(33)37(40)41)29(35-43-23-38)15-11-20-42-6/h16-19,21-25H,7-15,20H2,1-6H3/b35-29+,36-30+. The predicted octanol–water partition coefficient (Wildman–Crippen LogP) is 8.15. The molecule has 0 aliphatic carbocycles. The van der Waals surface area contributed by atoms with Crippen LogP contribution in [-0.2, 0) is 30.4 Å². The van der Waals surface area contributed by atoms with Gasteiger partial charge in [-0.25, -0.2) is 4.79 Å². The zero-order valence-electron chi connectivity index (χ0n) is 27.4. The van der Waals surface area contributed by atoms with Crippen LogP contribution in [0.1, 0.15) is 103 Å². The molecule has 11 nitrogen and oxygen atoms in total. The van der Waals surface area contributed by atoms with Crippen molar-refractivity contribution in [1.82, 2.24) is 0 Å². The van der Waals surface area contributed by atoms with Crippen LogP contribution in [-0.4, -0.2) is 42.5 Å². The van der Waals surface area contributed by atoms with E-state index in [1.54, 1.807) is 33.1 Å². The zero-order valence-corrected chi connectivity index (χ0v) is 27.4. The summed E-state index contributed by atoms with van der Waals surface area (Å²) in [7, 11) is 1.57. The summed E-state index contributed by atoms with van der Waals surface area (Å²) in [6, 6.07) is 10.1. The summed E-state index contributed by atoms with van der Waals surface area (Å²) in [6.07, 6.45) is 7.10. The van der Waals surface area contributed by atoms with Gasteiger partial charge in [0.15, 0.2) is 0 Å². The van der Waals surface area contributed by atoms with Crippen LogP contribution in [0.15, 0.2) is 46.7 Å². The summed E-state index contributed by atoms with van der Waals surface area (Å²) in [5.74, 6) is 0.431. The number of nitrogens with zero attached hydrogens (tertiary/aromatic N) is 3. The summed E-state index contributed by atoms with van der Waals surface area (Å²) >= 11 is 0. The normalized spacial score (nSPS) is 12.0.